The molecule has 1 fully saturated rings. The third kappa shape index (κ3) is 18.8. The number of para-hydroxylation sites is 1. The fraction of sp³-hybridized carbons (Fsp3) is 0.462. The van der Waals surface area contributed by atoms with Gasteiger partial charge in [-0.05, 0) is 48.3 Å². The maximum Gasteiger partial charge on any atom is 0.243 e. The van der Waals surface area contributed by atoms with Gasteiger partial charge in [-0.1, -0.05) is 76.2 Å². The van der Waals surface area contributed by atoms with E-state index in [9.17, 15) is 47.9 Å². The van der Waals surface area contributed by atoms with E-state index < -0.39 is 126 Å². The van der Waals surface area contributed by atoms with Crippen molar-refractivity contribution in [3.05, 3.63) is 90.1 Å². The molecule has 78 heavy (non-hydrogen) atoms. The molecule has 26 nitrogen and oxygen atoms in total. The molecule has 1 saturated heterocycles. The lowest BCUT2D eigenvalue weighted by molar-refractivity contribution is -0.136. The highest BCUT2D eigenvalue weighted by Crippen LogP contribution is 2.20. The second-order valence-corrected chi connectivity index (χ2v) is 19.6. The van der Waals surface area contributed by atoms with Crippen molar-refractivity contribution in [1.29, 1.82) is 0 Å². The summed E-state index contributed by atoms with van der Waals surface area (Å²) in [6.07, 6.45) is 3.22. The van der Waals surface area contributed by atoms with Crippen molar-refractivity contribution in [1.82, 2.24) is 62.8 Å². The number of hydrogen-bond donors (Lipinski definition) is 14. The Bertz CT molecular complexity index is 2760. The summed E-state index contributed by atoms with van der Waals surface area (Å²) in [6.45, 7) is 5.93. The van der Waals surface area contributed by atoms with E-state index >= 15 is 0 Å². The molecule has 10 amide bonds. The quantitative estimate of drug-likeness (QED) is 0.0265. The Balaban J connectivity index is 1.55. The number of nitrogens with two attached hydrogens (primary N) is 3. The predicted octanol–water partition coefficient (Wildman–Crippen LogP) is -2.42. The minimum absolute atomic E-state index is 0.0424. The molecule has 4 aromatic rings. The van der Waals surface area contributed by atoms with Gasteiger partial charge in [0.2, 0.25) is 59.1 Å². The van der Waals surface area contributed by atoms with Gasteiger partial charge in [-0.2, -0.15) is 0 Å². The first kappa shape index (κ1) is 60.0. The molecule has 0 bridgehead atoms. The lowest BCUT2D eigenvalue weighted by Crippen LogP contribution is -2.61. The van der Waals surface area contributed by atoms with Crippen LogP contribution in [0.15, 0.2) is 78.3 Å². The summed E-state index contributed by atoms with van der Waals surface area (Å²) in [7, 11) is 0. The molecule has 2 aromatic carbocycles. The number of nitrogens with one attached hydrogen (secondary N) is 11. The van der Waals surface area contributed by atoms with Crippen molar-refractivity contribution >= 4 is 75.9 Å². The highest BCUT2D eigenvalue weighted by atomic mass is 16.2. The van der Waals surface area contributed by atoms with Gasteiger partial charge in [0.15, 0.2) is 5.96 Å². The van der Waals surface area contributed by atoms with Crippen LogP contribution in [0.1, 0.15) is 76.6 Å². The molecule has 17 N–H and O–H groups in total. The Morgan fingerprint density at radius 1 is 0.679 bits per heavy atom. The van der Waals surface area contributed by atoms with E-state index in [1.807, 2.05) is 18.2 Å². The fourth-order valence-electron chi connectivity index (χ4n) is 8.54. The molecular weight excluding hydrogens is 1010 g/mol. The zero-order valence-electron chi connectivity index (χ0n) is 44.1. The maximum absolute atomic E-state index is 14.9. The first-order chi connectivity index (χ1) is 37.2. The Labute approximate surface area is 450 Å². The second-order valence-electron chi connectivity index (χ2n) is 19.6. The Morgan fingerprint density at radius 3 is 1.95 bits per heavy atom. The number of benzene rings is 2. The Kier molecular flexibility index (Phi) is 22.7. The van der Waals surface area contributed by atoms with E-state index in [1.54, 1.807) is 70.3 Å². The molecule has 0 saturated carbocycles. The molecule has 1 aliphatic rings. The van der Waals surface area contributed by atoms with E-state index in [0.717, 1.165) is 0 Å². The summed E-state index contributed by atoms with van der Waals surface area (Å²) >= 11 is 0. The van der Waals surface area contributed by atoms with Crippen molar-refractivity contribution in [3.8, 4) is 0 Å². The molecule has 0 spiro atoms. The first-order valence-electron chi connectivity index (χ1n) is 25.7. The number of rotatable bonds is 19. The van der Waals surface area contributed by atoms with E-state index in [0.29, 0.717) is 27.7 Å². The number of aromatic amines is 2. The molecular formula is C52H72N16O10. The number of hydrogen-bond acceptors (Lipinski definition) is 12. The molecule has 2 aromatic heterocycles. The Hall–Kier alpha value is -8.84. The van der Waals surface area contributed by atoms with Gasteiger partial charge in [0.25, 0.3) is 0 Å². The standard InChI is InChI=1S/C52H72N16O10/c1-28(2)43(50(77)60-26-40(53)69)68-51(78)44(29(3)4)67-46(73)36-16-17-41(70)57-20-18-42(71)62-39(23-32-25-56-27-61-32)49(76)65-37(21-30-11-6-5-7-12-30)47(74)63-35(15-10-19-58-52(54)55)45(72)66-38(48(75)64-36)22-31-24-59-34-14-9-8-13-33(31)34/h5-9,11-14,24-25,27-29,35-39,43-44,59H,10,15-23,26H2,1-4H3,(H2,53,69)(H,56,61)(H,57,70)(H,60,77)(H,62,71)(H,63,74)(H,64,75)(H,65,76)(H,66,72)(H,67,73)(H,68,78)(H4,54,55,58)/t35-,36-,37+,38-,39-,43-,44-/m0/s1. The van der Waals surface area contributed by atoms with Crippen LogP contribution in [-0.2, 0) is 67.2 Å². The number of amides is 10. The van der Waals surface area contributed by atoms with Gasteiger partial charge < -0.3 is 75.0 Å². The maximum atomic E-state index is 14.9. The van der Waals surface area contributed by atoms with Gasteiger partial charge in [0.05, 0.1) is 12.9 Å². The Morgan fingerprint density at radius 2 is 1.29 bits per heavy atom. The van der Waals surface area contributed by atoms with Crippen LogP contribution < -0.4 is 65.1 Å². The first-order valence-corrected chi connectivity index (χ1v) is 25.7. The summed E-state index contributed by atoms with van der Waals surface area (Å²) in [6, 6.07) is 6.50. The van der Waals surface area contributed by atoms with Crippen molar-refractivity contribution in [3.63, 3.8) is 0 Å². The largest absolute Gasteiger partial charge is 0.370 e. The van der Waals surface area contributed by atoms with Crippen LogP contribution in [0.4, 0.5) is 0 Å². The lowest BCUT2D eigenvalue weighted by Gasteiger charge is -2.29. The zero-order valence-corrected chi connectivity index (χ0v) is 44.1. The topological polar surface area (TPSA) is 414 Å². The second kappa shape index (κ2) is 29.5. The molecule has 1 aliphatic heterocycles. The highest BCUT2D eigenvalue weighted by Gasteiger charge is 2.36. The monoisotopic (exact) mass is 1080 g/mol. The SMILES string of the molecule is CC(C)[C@H](NC(=O)[C@@H]1CCC(=O)NCCC(=O)N[C@@H](Cc2cnc[nH]2)C(=O)N[C@H](Cc2ccccc2)C(=O)N[C@@H](CCCN=C(N)N)C(=O)N[C@@H](Cc2c[nH]c3ccccc23)C(=O)N1)C(=O)N[C@H](C(=O)NCC(N)=O)C(C)C. The number of nitrogens with zero attached hydrogens (tertiary/aromatic N) is 2. The molecule has 7 atom stereocenters. The summed E-state index contributed by atoms with van der Waals surface area (Å²) in [5.74, 6) is -9.04. The normalized spacial score (nSPS) is 20.1. The average molecular weight is 1080 g/mol. The average Bonchev–Trinajstić information content (AvgIpc) is 4.07. The molecule has 3 heterocycles. The van der Waals surface area contributed by atoms with Crippen molar-refractivity contribution < 1.29 is 47.9 Å². The third-order valence-electron chi connectivity index (χ3n) is 12.8. The van der Waals surface area contributed by atoms with Gasteiger partial charge in [0, 0.05) is 74.2 Å². The number of carbonyl (C=O) groups is 10. The number of aliphatic imine (C=N–C) groups is 1. The van der Waals surface area contributed by atoms with E-state index in [4.69, 9.17) is 17.2 Å². The van der Waals surface area contributed by atoms with Crippen LogP contribution in [0.25, 0.3) is 10.9 Å². The smallest absolute Gasteiger partial charge is 0.243 e. The van der Waals surface area contributed by atoms with Crippen LogP contribution in [0, 0.1) is 11.8 Å². The third-order valence-corrected chi connectivity index (χ3v) is 12.8. The van der Waals surface area contributed by atoms with Gasteiger partial charge >= 0.3 is 0 Å². The summed E-state index contributed by atoms with van der Waals surface area (Å²) in [5, 5.41) is 24.7. The predicted molar refractivity (Wildman–Crippen MR) is 287 cm³/mol. The van der Waals surface area contributed by atoms with E-state index in [1.165, 1.54) is 12.5 Å². The van der Waals surface area contributed by atoms with Gasteiger partial charge in [-0.15, -0.1) is 0 Å². The molecule has 0 unspecified atom stereocenters. The van der Waals surface area contributed by atoms with Gasteiger partial charge in [-0.3, -0.25) is 52.9 Å². The van der Waals surface area contributed by atoms with Crippen LogP contribution in [0.5, 0.6) is 0 Å². The highest BCUT2D eigenvalue weighted by molar-refractivity contribution is 5.99. The van der Waals surface area contributed by atoms with Crippen molar-refractivity contribution in [2.75, 3.05) is 19.6 Å². The molecule has 5 rings (SSSR count). The number of carbonyl (C=O) groups excluding carboxylic acids is 10. The lowest BCUT2D eigenvalue weighted by atomic mass is 9.98. The number of aromatic nitrogens is 3. The van der Waals surface area contributed by atoms with Gasteiger partial charge in [0.1, 0.15) is 42.3 Å². The minimum atomic E-state index is -1.55. The summed E-state index contributed by atoms with van der Waals surface area (Å²) in [5.41, 5.74) is 18.8. The van der Waals surface area contributed by atoms with E-state index in [2.05, 4.69) is 67.8 Å². The molecule has 26 heteroatoms. The number of primary amides is 1. The fourth-order valence-corrected chi connectivity index (χ4v) is 8.54. The van der Waals surface area contributed by atoms with Crippen LogP contribution in [0.2, 0.25) is 0 Å². The van der Waals surface area contributed by atoms with Crippen LogP contribution in [-0.4, -0.2) is 142 Å². The number of fused-ring (bicyclic) bond motifs is 1. The minimum Gasteiger partial charge on any atom is -0.370 e. The van der Waals surface area contributed by atoms with Crippen LogP contribution in [0.3, 0.4) is 0 Å². The summed E-state index contributed by atoms with van der Waals surface area (Å²) < 4.78 is 0. The number of H-pyrrole nitrogens is 2. The van der Waals surface area contributed by atoms with Crippen molar-refractivity contribution in [2.24, 2.45) is 34.0 Å². The zero-order chi connectivity index (χ0) is 56.9. The molecule has 420 valence electrons. The number of guanidine groups is 1. The van der Waals surface area contributed by atoms with Gasteiger partial charge in [-0.25, -0.2) is 4.98 Å². The number of imidazole rings is 1. The molecule has 0 aliphatic carbocycles. The summed E-state index contributed by atoms with van der Waals surface area (Å²) in [4.78, 5) is 153. The van der Waals surface area contributed by atoms with Crippen molar-refractivity contribution in [2.45, 2.75) is 121 Å². The molecule has 0 radical (unpaired) electrons. The van der Waals surface area contributed by atoms with E-state index in [-0.39, 0.29) is 64.0 Å². The van der Waals surface area contributed by atoms with Crippen LogP contribution >= 0.6 is 0 Å².